The summed E-state index contributed by atoms with van der Waals surface area (Å²) in [5.74, 6) is 0.653. The Bertz CT molecular complexity index is 1030. The van der Waals surface area contributed by atoms with E-state index in [1.54, 1.807) is 18.3 Å². The molecule has 3 N–H and O–H groups in total. The van der Waals surface area contributed by atoms with Crippen molar-refractivity contribution in [1.82, 2.24) is 19.9 Å². The van der Waals surface area contributed by atoms with Gasteiger partial charge in [-0.3, -0.25) is 10.1 Å². The zero-order valence-electron chi connectivity index (χ0n) is 14.3. The number of aromatic amines is 1. The van der Waals surface area contributed by atoms with Crippen LogP contribution >= 0.6 is 0 Å². The second-order valence-corrected chi connectivity index (χ2v) is 5.70. The molecule has 7 nitrogen and oxygen atoms in total. The van der Waals surface area contributed by atoms with Gasteiger partial charge in [0.1, 0.15) is 5.69 Å². The molecule has 4 aromatic rings. The van der Waals surface area contributed by atoms with Crippen LogP contribution in [-0.2, 0) is 0 Å². The van der Waals surface area contributed by atoms with E-state index in [1.807, 2.05) is 60.7 Å². The number of hydrogen-bond donors (Lipinski definition) is 3. The quantitative estimate of drug-likeness (QED) is 0.505. The van der Waals surface area contributed by atoms with Crippen molar-refractivity contribution >= 4 is 23.5 Å². The van der Waals surface area contributed by atoms with Gasteiger partial charge in [-0.15, -0.1) is 0 Å². The molecule has 2 aromatic carbocycles. The molecule has 0 aliphatic heterocycles. The Kier molecular flexibility index (Phi) is 4.57. The number of H-pyrrole nitrogens is 1. The molecule has 0 bridgehead atoms. The molecule has 2 heterocycles. The summed E-state index contributed by atoms with van der Waals surface area (Å²) in [5, 5.41) is 5.85. The van der Waals surface area contributed by atoms with Gasteiger partial charge in [0, 0.05) is 17.4 Å². The van der Waals surface area contributed by atoms with Gasteiger partial charge < -0.3 is 10.3 Å². The third-order valence-electron chi connectivity index (χ3n) is 3.77. The number of nitrogens with zero attached hydrogens (tertiary/aromatic N) is 3. The molecular weight excluding hydrogens is 340 g/mol. The smallest absolute Gasteiger partial charge is 0.274 e. The fourth-order valence-electron chi connectivity index (χ4n) is 2.50. The van der Waals surface area contributed by atoms with E-state index in [0.29, 0.717) is 17.5 Å². The molecule has 0 aliphatic rings. The van der Waals surface area contributed by atoms with Gasteiger partial charge in [-0.2, -0.15) is 15.0 Å². The molecule has 0 atom stereocenters. The van der Waals surface area contributed by atoms with Crippen LogP contribution < -0.4 is 10.6 Å². The monoisotopic (exact) mass is 356 g/mol. The third kappa shape index (κ3) is 3.98. The van der Waals surface area contributed by atoms with E-state index in [4.69, 9.17) is 0 Å². The van der Waals surface area contributed by atoms with E-state index in [9.17, 15) is 4.79 Å². The second kappa shape index (κ2) is 7.49. The van der Waals surface area contributed by atoms with Gasteiger partial charge in [-0.1, -0.05) is 48.5 Å². The Morgan fingerprint density at radius 1 is 0.778 bits per heavy atom. The molecular formula is C20H16N6O. The summed E-state index contributed by atoms with van der Waals surface area (Å²) in [7, 11) is 0. The van der Waals surface area contributed by atoms with Gasteiger partial charge in [0.2, 0.25) is 11.9 Å². The molecule has 0 unspecified atom stereocenters. The standard InChI is InChI=1S/C20H16N6O/c27-18(16-12-7-13-21-16)25-20-24-17(14-8-3-1-4-9-14)23-19(26-20)22-15-10-5-2-6-11-15/h1-13,21H,(H2,22,23,24,25,26,27). The van der Waals surface area contributed by atoms with Crippen LogP contribution in [0.5, 0.6) is 0 Å². The van der Waals surface area contributed by atoms with E-state index in [0.717, 1.165) is 11.3 Å². The Morgan fingerprint density at radius 2 is 1.48 bits per heavy atom. The van der Waals surface area contributed by atoms with E-state index >= 15 is 0 Å². The zero-order chi connectivity index (χ0) is 18.5. The van der Waals surface area contributed by atoms with Crippen molar-refractivity contribution < 1.29 is 4.79 Å². The van der Waals surface area contributed by atoms with Crippen molar-refractivity contribution in [3.05, 3.63) is 84.7 Å². The van der Waals surface area contributed by atoms with Crippen LogP contribution in [0.2, 0.25) is 0 Å². The first kappa shape index (κ1) is 16.5. The predicted octanol–water partition coefficient (Wildman–Crippen LogP) is 3.86. The lowest BCUT2D eigenvalue weighted by molar-refractivity contribution is 0.102. The zero-order valence-corrected chi connectivity index (χ0v) is 14.3. The van der Waals surface area contributed by atoms with Crippen LogP contribution in [0.15, 0.2) is 79.0 Å². The summed E-state index contributed by atoms with van der Waals surface area (Å²) >= 11 is 0. The Hall–Kier alpha value is -4.00. The van der Waals surface area contributed by atoms with Gasteiger partial charge in [0.15, 0.2) is 5.82 Å². The van der Waals surface area contributed by atoms with Crippen molar-refractivity contribution in [2.75, 3.05) is 10.6 Å². The number of hydrogen-bond acceptors (Lipinski definition) is 5. The summed E-state index contributed by atoms with van der Waals surface area (Å²) in [4.78, 5) is 28.4. The normalized spacial score (nSPS) is 10.4. The molecule has 0 saturated carbocycles. The third-order valence-corrected chi connectivity index (χ3v) is 3.77. The molecule has 0 saturated heterocycles. The minimum atomic E-state index is -0.323. The summed E-state index contributed by atoms with van der Waals surface area (Å²) in [6, 6.07) is 22.5. The maximum Gasteiger partial charge on any atom is 0.274 e. The number of carbonyl (C=O) groups is 1. The van der Waals surface area contributed by atoms with Crippen molar-refractivity contribution in [3.8, 4) is 11.4 Å². The number of carbonyl (C=O) groups excluding carboxylic acids is 1. The van der Waals surface area contributed by atoms with Crippen molar-refractivity contribution in [1.29, 1.82) is 0 Å². The van der Waals surface area contributed by atoms with E-state index in [1.165, 1.54) is 0 Å². The van der Waals surface area contributed by atoms with Gasteiger partial charge in [-0.25, -0.2) is 0 Å². The van der Waals surface area contributed by atoms with Crippen molar-refractivity contribution in [3.63, 3.8) is 0 Å². The minimum Gasteiger partial charge on any atom is -0.357 e. The molecule has 7 heteroatoms. The number of aromatic nitrogens is 4. The first-order valence-electron chi connectivity index (χ1n) is 8.36. The van der Waals surface area contributed by atoms with Crippen LogP contribution in [0.3, 0.4) is 0 Å². The highest BCUT2D eigenvalue weighted by Gasteiger charge is 2.13. The lowest BCUT2D eigenvalue weighted by atomic mass is 10.2. The summed E-state index contributed by atoms with van der Waals surface area (Å²) < 4.78 is 0. The Labute approximate surface area is 155 Å². The summed E-state index contributed by atoms with van der Waals surface area (Å²) in [6.07, 6.45) is 1.68. The molecule has 0 spiro atoms. The van der Waals surface area contributed by atoms with Crippen LogP contribution in [0.25, 0.3) is 11.4 Å². The molecule has 2 aromatic heterocycles. The number of nitrogens with one attached hydrogen (secondary N) is 3. The van der Waals surface area contributed by atoms with Gasteiger partial charge in [0.25, 0.3) is 5.91 Å². The highest BCUT2D eigenvalue weighted by Crippen LogP contribution is 2.20. The largest absolute Gasteiger partial charge is 0.357 e. The average molecular weight is 356 g/mol. The second-order valence-electron chi connectivity index (χ2n) is 5.70. The summed E-state index contributed by atoms with van der Waals surface area (Å²) in [6.45, 7) is 0. The van der Waals surface area contributed by atoms with E-state index in [2.05, 4.69) is 30.6 Å². The fraction of sp³-hybridized carbons (Fsp3) is 0. The van der Waals surface area contributed by atoms with Crippen LogP contribution in [0.1, 0.15) is 10.5 Å². The lowest BCUT2D eigenvalue weighted by Crippen LogP contribution is -2.16. The number of anilines is 3. The summed E-state index contributed by atoms with van der Waals surface area (Å²) in [5.41, 5.74) is 2.09. The van der Waals surface area contributed by atoms with Crippen molar-refractivity contribution in [2.24, 2.45) is 0 Å². The van der Waals surface area contributed by atoms with Gasteiger partial charge in [-0.05, 0) is 24.3 Å². The maximum absolute atomic E-state index is 12.3. The number of amides is 1. The van der Waals surface area contributed by atoms with E-state index < -0.39 is 0 Å². The molecule has 0 radical (unpaired) electrons. The Morgan fingerprint density at radius 3 is 2.19 bits per heavy atom. The van der Waals surface area contributed by atoms with E-state index in [-0.39, 0.29) is 11.9 Å². The van der Waals surface area contributed by atoms with Crippen LogP contribution in [0.4, 0.5) is 17.6 Å². The highest BCUT2D eigenvalue weighted by atomic mass is 16.2. The molecule has 4 rings (SSSR count). The number of benzene rings is 2. The first-order chi connectivity index (χ1) is 13.3. The minimum absolute atomic E-state index is 0.168. The molecule has 0 aliphatic carbocycles. The van der Waals surface area contributed by atoms with Crippen molar-refractivity contribution in [2.45, 2.75) is 0 Å². The molecule has 0 fully saturated rings. The molecule has 1 amide bonds. The van der Waals surface area contributed by atoms with Gasteiger partial charge >= 0.3 is 0 Å². The van der Waals surface area contributed by atoms with Crippen LogP contribution in [0, 0.1) is 0 Å². The first-order valence-corrected chi connectivity index (χ1v) is 8.36. The highest BCUT2D eigenvalue weighted by molar-refractivity contribution is 6.02. The lowest BCUT2D eigenvalue weighted by Gasteiger charge is -2.09. The number of rotatable bonds is 5. The fourth-order valence-corrected chi connectivity index (χ4v) is 2.50. The van der Waals surface area contributed by atoms with Gasteiger partial charge in [0.05, 0.1) is 0 Å². The molecule has 27 heavy (non-hydrogen) atoms. The Balaban J connectivity index is 1.69. The average Bonchev–Trinajstić information content (AvgIpc) is 3.24. The number of para-hydroxylation sites is 1. The predicted molar refractivity (Wildman–Crippen MR) is 104 cm³/mol. The maximum atomic E-state index is 12.3. The molecule has 132 valence electrons. The topological polar surface area (TPSA) is 95.6 Å². The SMILES string of the molecule is O=C(Nc1nc(Nc2ccccc2)nc(-c2ccccc2)n1)c1ccc[nH]1. The van der Waals surface area contributed by atoms with Crippen LogP contribution in [-0.4, -0.2) is 25.8 Å².